The van der Waals surface area contributed by atoms with Crippen LogP contribution in [0, 0.1) is 0 Å². The van der Waals surface area contributed by atoms with E-state index in [1.54, 1.807) is 17.8 Å². The monoisotopic (exact) mass is 168 g/mol. The molecule has 0 aliphatic carbocycles. The number of hydrogen-bond donors (Lipinski definition) is 1. The van der Waals surface area contributed by atoms with Crippen LogP contribution in [0.15, 0.2) is 6.20 Å². The van der Waals surface area contributed by atoms with Gasteiger partial charge < -0.3 is 5.73 Å². The summed E-state index contributed by atoms with van der Waals surface area (Å²) in [6.07, 6.45) is 2.08. The Bertz CT molecular complexity index is 268. The van der Waals surface area contributed by atoms with Gasteiger partial charge >= 0.3 is 0 Å². The van der Waals surface area contributed by atoms with E-state index in [4.69, 9.17) is 5.73 Å². The number of aromatic nitrogens is 3. The third kappa shape index (κ3) is 1.88. The summed E-state index contributed by atoms with van der Waals surface area (Å²) in [5.41, 5.74) is 5.73. The SMILES string of the molecule is CCC(=O)c1cn(CCN)nn1. The van der Waals surface area contributed by atoms with E-state index in [1.165, 1.54) is 0 Å². The second-order valence-electron chi connectivity index (χ2n) is 2.43. The minimum absolute atomic E-state index is 0.0123. The van der Waals surface area contributed by atoms with Gasteiger partial charge in [0.1, 0.15) is 5.69 Å². The number of carbonyl (C=O) groups is 1. The molecule has 2 N–H and O–H groups in total. The molecular formula is C7H12N4O. The van der Waals surface area contributed by atoms with Crippen LogP contribution in [0.5, 0.6) is 0 Å². The Balaban J connectivity index is 2.70. The van der Waals surface area contributed by atoms with Crippen molar-refractivity contribution in [3.8, 4) is 0 Å². The highest BCUT2D eigenvalue weighted by atomic mass is 16.1. The Labute approximate surface area is 70.6 Å². The summed E-state index contributed by atoms with van der Waals surface area (Å²) in [6.45, 7) is 2.90. The Morgan fingerprint density at radius 3 is 3.08 bits per heavy atom. The molecule has 1 rings (SSSR count). The molecule has 0 atom stereocenters. The average Bonchev–Trinajstić information content (AvgIpc) is 2.52. The van der Waals surface area contributed by atoms with Crippen LogP contribution < -0.4 is 5.73 Å². The van der Waals surface area contributed by atoms with E-state index >= 15 is 0 Å². The third-order valence-electron chi connectivity index (χ3n) is 1.50. The number of rotatable bonds is 4. The fraction of sp³-hybridized carbons (Fsp3) is 0.571. The highest BCUT2D eigenvalue weighted by Gasteiger charge is 2.06. The number of hydrogen-bond acceptors (Lipinski definition) is 4. The lowest BCUT2D eigenvalue weighted by Crippen LogP contribution is -2.10. The minimum Gasteiger partial charge on any atom is -0.329 e. The molecule has 0 aliphatic heterocycles. The van der Waals surface area contributed by atoms with Crippen molar-refractivity contribution in [1.29, 1.82) is 0 Å². The summed E-state index contributed by atoms with van der Waals surface area (Å²) in [6, 6.07) is 0. The van der Waals surface area contributed by atoms with Crippen molar-refractivity contribution < 1.29 is 4.79 Å². The molecule has 0 radical (unpaired) electrons. The van der Waals surface area contributed by atoms with Gasteiger partial charge in [-0.05, 0) is 0 Å². The predicted molar refractivity (Wildman–Crippen MR) is 43.7 cm³/mol. The lowest BCUT2D eigenvalue weighted by atomic mass is 10.2. The Kier molecular flexibility index (Phi) is 2.93. The van der Waals surface area contributed by atoms with E-state index < -0.39 is 0 Å². The summed E-state index contributed by atoms with van der Waals surface area (Å²) in [5, 5.41) is 7.45. The van der Waals surface area contributed by atoms with Crippen molar-refractivity contribution in [2.45, 2.75) is 19.9 Å². The molecule has 0 saturated heterocycles. The molecule has 0 bridgehead atoms. The molecule has 5 nitrogen and oxygen atoms in total. The fourth-order valence-electron chi connectivity index (χ4n) is 0.849. The van der Waals surface area contributed by atoms with Gasteiger partial charge in [-0.15, -0.1) is 5.10 Å². The number of nitrogens with zero attached hydrogens (tertiary/aromatic N) is 3. The number of Topliss-reactive ketones (excluding diaryl/α,β-unsaturated/α-hetero) is 1. The van der Waals surface area contributed by atoms with Crippen molar-refractivity contribution in [3.63, 3.8) is 0 Å². The zero-order chi connectivity index (χ0) is 8.97. The number of nitrogens with two attached hydrogens (primary N) is 1. The van der Waals surface area contributed by atoms with Crippen LogP contribution in [0.25, 0.3) is 0 Å². The van der Waals surface area contributed by atoms with Gasteiger partial charge in [0.05, 0.1) is 12.7 Å². The first-order valence-electron chi connectivity index (χ1n) is 3.91. The fourth-order valence-corrected chi connectivity index (χ4v) is 0.849. The molecule has 0 saturated carbocycles. The summed E-state index contributed by atoms with van der Waals surface area (Å²) in [5.74, 6) is 0.0123. The van der Waals surface area contributed by atoms with Crippen molar-refractivity contribution >= 4 is 5.78 Å². The molecule has 66 valence electrons. The van der Waals surface area contributed by atoms with Gasteiger partial charge in [-0.3, -0.25) is 9.48 Å². The summed E-state index contributed by atoms with van der Waals surface area (Å²) in [7, 11) is 0. The second-order valence-corrected chi connectivity index (χ2v) is 2.43. The first-order chi connectivity index (χ1) is 5.77. The van der Waals surface area contributed by atoms with Gasteiger partial charge in [0, 0.05) is 13.0 Å². The van der Waals surface area contributed by atoms with Crippen molar-refractivity contribution in [2.24, 2.45) is 5.73 Å². The standard InChI is InChI=1S/C7H12N4O/c1-2-7(12)6-5-11(4-3-8)10-9-6/h5H,2-4,8H2,1H3. The molecule has 0 aromatic carbocycles. The van der Waals surface area contributed by atoms with E-state index in [-0.39, 0.29) is 5.78 Å². The second kappa shape index (κ2) is 3.96. The molecule has 1 heterocycles. The van der Waals surface area contributed by atoms with E-state index in [0.717, 1.165) is 0 Å². The molecule has 1 aromatic rings. The van der Waals surface area contributed by atoms with E-state index in [9.17, 15) is 4.79 Å². The Hall–Kier alpha value is -1.23. The average molecular weight is 168 g/mol. The van der Waals surface area contributed by atoms with Gasteiger partial charge in [0.15, 0.2) is 5.78 Å². The number of ketones is 1. The van der Waals surface area contributed by atoms with Crippen LogP contribution >= 0.6 is 0 Å². The third-order valence-corrected chi connectivity index (χ3v) is 1.50. The first kappa shape index (κ1) is 8.86. The van der Waals surface area contributed by atoms with Crippen LogP contribution in [0.2, 0.25) is 0 Å². The molecule has 0 amide bonds. The van der Waals surface area contributed by atoms with Crippen molar-refractivity contribution in [1.82, 2.24) is 15.0 Å². The zero-order valence-electron chi connectivity index (χ0n) is 7.03. The first-order valence-corrected chi connectivity index (χ1v) is 3.91. The largest absolute Gasteiger partial charge is 0.329 e. The molecule has 0 fully saturated rings. The highest BCUT2D eigenvalue weighted by Crippen LogP contribution is 1.97. The molecule has 12 heavy (non-hydrogen) atoms. The van der Waals surface area contributed by atoms with E-state index in [0.29, 0.717) is 25.2 Å². The molecule has 5 heteroatoms. The maximum absolute atomic E-state index is 11.1. The van der Waals surface area contributed by atoms with Crippen LogP contribution in [-0.2, 0) is 6.54 Å². The number of carbonyl (C=O) groups excluding carboxylic acids is 1. The van der Waals surface area contributed by atoms with Gasteiger partial charge in [0.25, 0.3) is 0 Å². The molecule has 0 spiro atoms. The van der Waals surface area contributed by atoms with Crippen LogP contribution in [0.4, 0.5) is 0 Å². The highest BCUT2D eigenvalue weighted by molar-refractivity contribution is 5.93. The van der Waals surface area contributed by atoms with Gasteiger partial charge in [-0.2, -0.15) is 0 Å². The summed E-state index contributed by atoms with van der Waals surface area (Å²) in [4.78, 5) is 11.1. The summed E-state index contributed by atoms with van der Waals surface area (Å²) >= 11 is 0. The Morgan fingerprint density at radius 1 is 1.75 bits per heavy atom. The van der Waals surface area contributed by atoms with E-state index in [1.807, 2.05) is 0 Å². The smallest absolute Gasteiger partial charge is 0.184 e. The Morgan fingerprint density at radius 2 is 2.50 bits per heavy atom. The maximum atomic E-state index is 11.1. The lowest BCUT2D eigenvalue weighted by Gasteiger charge is -1.92. The summed E-state index contributed by atoms with van der Waals surface area (Å²) < 4.78 is 1.57. The lowest BCUT2D eigenvalue weighted by molar-refractivity contribution is 0.0983. The predicted octanol–water partition coefficient (Wildman–Crippen LogP) is -0.170. The van der Waals surface area contributed by atoms with E-state index in [2.05, 4.69) is 10.3 Å². The normalized spacial score (nSPS) is 10.2. The van der Waals surface area contributed by atoms with Crippen molar-refractivity contribution in [3.05, 3.63) is 11.9 Å². The van der Waals surface area contributed by atoms with Crippen LogP contribution in [0.1, 0.15) is 23.8 Å². The molecule has 1 aromatic heterocycles. The van der Waals surface area contributed by atoms with Gasteiger partial charge in [0.2, 0.25) is 0 Å². The zero-order valence-corrected chi connectivity index (χ0v) is 7.03. The molecule has 0 unspecified atom stereocenters. The van der Waals surface area contributed by atoms with Crippen molar-refractivity contribution in [2.75, 3.05) is 6.54 Å². The minimum atomic E-state index is 0.0123. The topological polar surface area (TPSA) is 73.8 Å². The maximum Gasteiger partial charge on any atom is 0.184 e. The van der Waals surface area contributed by atoms with Crippen LogP contribution in [-0.4, -0.2) is 27.3 Å². The van der Waals surface area contributed by atoms with Gasteiger partial charge in [-0.1, -0.05) is 12.1 Å². The van der Waals surface area contributed by atoms with Gasteiger partial charge in [-0.25, -0.2) is 0 Å². The van der Waals surface area contributed by atoms with Crippen LogP contribution in [0.3, 0.4) is 0 Å². The molecule has 0 aliphatic rings. The molecular weight excluding hydrogens is 156 g/mol. The quantitative estimate of drug-likeness (QED) is 0.633.